The number of carbonyl (C=O) groups is 2. The summed E-state index contributed by atoms with van der Waals surface area (Å²) in [7, 11) is 0.426. The summed E-state index contributed by atoms with van der Waals surface area (Å²) in [5.41, 5.74) is 3.33. The number of fused-ring (bicyclic) bond motifs is 2. The van der Waals surface area contributed by atoms with E-state index in [0.717, 1.165) is 31.5 Å². The van der Waals surface area contributed by atoms with Crippen molar-refractivity contribution in [2.45, 2.75) is 42.9 Å². The van der Waals surface area contributed by atoms with E-state index in [1.165, 1.54) is 11.1 Å². The molecule has 14 nitrogen and oxygen atoms in total. The third kappa shape index (κ3) is 8.49. The highest BCUT2D eigenvalue weighted by molar-refractivity contribution is 7.90. The van der Waals surface area contributed by atoms with Crippen LogP contribution in [0.5, 0.6) is 0 Å². The number of piperidine rings is 1. The fourth-order valence-electron chi connectivity index (χ4n) is 6.51. The number of likely N-dealkylation sites (tertiary alicyclic amines) is 1. The highest BCUT2D eigenvalue weighted by atomic mass is 35.5. The number of hydrogen-bond donors (Lipinski definition) is 2. The molecule has 3 aliphatic rings. The molecular formula is C38H38Cl2N10O4S. The number of benzene rings is 3. The molecule has 0 saturated carbocycles. The Morgan fingerprint density at radius 1 is 0.745 bits per heavy atom. The van der Waals surface area contributed by atoms with E-state index >= 15 is 0 Å². The van der Waals surface area contributed by atoms with Gasteiger partial charge in [-0.15, -0.1) is 0 Å². The zero-order chi connectivity index (χ0) is 38.7. The Morgan fingerprint density at radius 3 is 1.82 bits per heavy atom. The van der Waals surface area contributed by atoms with Gasteiger partial charge < -0.3 is 9.80 Å². The van der Waals surface area contributed by atoms with Crippen molar-refractivity contribution in [2.75, 3.05) is 52.5 Å². The van der Waals surface area contributed by atoms with Crippen LogP contribution in [0.15, 0.2) is 96.4 Å². The fourth-order valence-corrected chi connectivity index (χ4v) is 8.19. The van der Waals surface area contributed by atoms with Gasteiger partial charge in [0.1, 0.15) is 11.6 Å². The zero-order valence-corrected chi connectivity index (χ0v) is 32.4. The van der Waals surface area contributed by atoms with Crippen molar-refractivity contribution in [2.24, 2.45) is 0 Å². The number of para-hydroxylation sites is 2. The molecule has 4 amide bonds. The predicted octanol–water partition coefficient (Wildman–Crippen LogP) is 6.87. The van der Waals surface area contributed by atoms with E-state index in [4.69, 9.17) is 23.2 Å². The molecule has 8 rings (SSSR count). The second-order valence-electron chi connectivity index (χ2n) is 13.4. The first-order valence-electron chi connectivity index (χ1n) is 17.5. The molecule has 0 spiro atoms. The minimum absolute atomic E-state index is 0.184. The van der Waals surface area contributed by atoms with Crippen molar-refractivity contribution in [1.82, 2.24) is 24.8 Å². The fraction of sp³-hybridized carbons (Fsp3) is 0.263. The Bertz CT molecular complexity index is 2330. The first kappa shape index (κ1) is 37.9. The standard InChI is InChI=1S/C19H23ClN6O.C19H15ClN4O3S/c1-24-9-7-14(8-10-24)25(2)18-21-11-13-12-26(19(27)23-17(13)22-18)16-6-4-3-5-15(16)20;20-15-8-4-5-9-16(15)24-11-14-10-21-18(22-17(14)23-19(24)25)28(26,27)12-13-6-2-1-3-7-13/h3-6,11,14H,7-10,12H2,1-2H3,(H,21,22,23,27);1-10H,11-12H2,(H,21,22,23,25). The number of anilines is 5. The van der Waals surface area contributed by atoms with Gasteiger partial charge >= 0.3 is 12.1 Å². The van der Waals surface area contributed by atoms with Crippen molar-refractivity contribution in [3.63, 3.8) is 0 Å². The summed E-state index contributed by atoms with van der Waals surface area (Å²) >= 11 is 12.4. The van der Waals surface area contributed by atoms with Crippen LogP contribution in [0.1, 0.15) is 29.5 Å². The second-order valence-corrected chi connectivity index (χ2v) is 16.1. The molecule has 1 saturated heterocycles. The van der Waals surface area contributed by atoms with Gasteiger partial charge in [-0.2, -0.15) is 4.98 Å². The second kappa shape index (κ2) is 16.2. The highest BCUT2D eigenvalue weighted by Gasteiger charge is 2.30. The van der Waals surface area contributed by atoms with Gasteiger partial charge in [-0.1, -0.05) is 77.8 Å². The lowest BCUT2D eigenvalue weighted by Crippen LogP contribution is -2.43. The van der Waals surface area contributed by atoms with Crippen LogP contribution in [0, 0.1) is 0 Å². The van der Waals surface area contributed by atoms with Crippen molar-refractivity contribution in [3.05, 3.63) is 118 Å². The van der Waals surface area contributed by atoms with E-state index in [9.17, 15) is 18.0 Å². The maximum Gasteiger partial charge on any atom is 0.327 e. The molecule has 17 heteroatoms. The molecule has 1 fully saturated rings. The lowest BCUT2D eigenvalue weighted by atomic mass is 10.0. The molecule has 284 valence electrons. The molecule has 0 radical (unpaired) electrons. The van der Waals surface area contributed by atoms with Crippen molar-refractivity contribution >= 4 is 74.1 Å². The molecule has 5 heterocycles. The molecular weight excluding hydrogens is 763 g/mol. The number of halogens is 2. The maximum atomic E-state index is 12.6. The van der Waals surface area contributed by atoms with E-state index in [0.29, 0.717) is 56.9 Å². The summed E-state index contributed by atoms with van der Waals surface area (Å²) in [6.07, 6.45) is 5.38. The SMILES string of the molecule is CN1CCC(N(C)c2ncc3c(n2)NC(=O)N(c2ccccc2Cl)C3)CC1.O=C1Nc2nc(S(=O)(=O)Cc3ccccc3)ncc2CN1c1ccccc1Cl. The number of hydrogen-bond acceptors (Lipinski definition) is 10. The molecule has 0 aliphatic carbocycles. The zero-order valence-electron chi connectivity index (χ0n) is 30.1. The Morgan fingerprint density at radius 2 is 1.25 bits per heavy atom. The van der Waals surface area contributed by atoms with Crippen LogP contribution in [0.4, 0.5) is 38.5 Å². The van der Waals surface area contributed by atoms with Gasteiger partial charge in [0.05, 0.1) is 40.3 Å². The number of amides is 4. The van der Waals surface area contributed by atoms with E-state index in [1.54, 1.807) is 65.7 Å². The van der Waals surface area contributed by atoms with Crippen molar-refractivity contribution in [3.8, 4) is 0 Å². The van der Waals surface area contributed by atoms with E-state index < -0.39 is 15.9 Å². The summed E-state index contributed by atoms with van der Waals surface area (Å²) in [5.74, 6) is 1.20. The minimum atomic E-state index is -3.74. The number of rotatable bonds is 7. The lowest BCUT2D eigenvalue weighted by molar-refractivity contribution is 0.252. The van der Waals surface area contributed by atoms with Crippen LogP contribution in [0.25, 0.3) is 0 Å². The van der Waals surface area contributed by atoms with Gasteiger partial charge in [-0.25, -0.2) is 33.0 Å². The van der Waals surface area contributed by atoms with E-state index in [2.05, 4.69) is 47.4 Å². The van der Waals surface area contributed by atoms with Gasteiger partial charge in [0.15, 0.2) is 0 Å². The summed E-state index contributed by atoms with van der Waals surface area (Å²) < 4.78 is 25.3. The summed E-state index contributed by atoms with van der Waals surface area (Å²) in [6, 6.07) is 22.8. The van der Waals surface area contributed by atoms with Gasteiger partial charge in [0, 0.05) is 36.6 Å². The van der Waals surface area contributed by atoms with Crippen LogP contribution < -0.4 is 25.3 Å². The monoisotopic (exact) mass is 800 g/mol. The van der Waals surface area contributed by atoms with Crippen molar-refractivity contribution in [1.29, 1.82) is 0 Å². The first-order valence-corrected chi connectivity index (χ1v) is 19.9. The molecule has 55 heavy (non-hydrogen) atoms. The highest BCUT2D eigenvalue weighted by Crippen LogP contribution is 2.33. The molecule has 0 atom stereocenters. The van der Waals surface area contributed by atoms with Gasteiger partial charge in [-0.3, -0.25) is 20.4 Å². The lowest BCUT2D eigenvalue weighted by Gasteiger charge is -2.35. The molecule has 0 unspecified atom stereocenters. The van der Waals surface area contributed by atoms with Crippen LogP contribution in [0.3, 0.4) is 0 Å². The Kier molecular flexibility index (Phi) is 11.2. The summed E-state index contributed by atoms with van der Waals surface area (Å²) in [5, 5.41) is 6.16. The normalized spacial score (nSPS) is 15.9. The summed E-state index contributed by atoms with van der Waals surface area (Å²) in [4.78, 5) is 49.9. The number of nitrogens with zero attached hydrogens (tertiary/aromatic N) is 8. The van der Waals surface area contributed by atoms with E-state index in [-0.39, 0.29) is 29.3 Å². The average molecular weight is 802 g/mol. The van der Waals surface area contributed by atoms with Gasteiger partial charge in [0.25, 0.3) is 0 Å². The molecule has 5 aromatic rings. The largest absolute Gasteiger partial charge is 0.341 e. The number of carbonyl (C=O) groups excluding carboxylic acids is 2. The molecule has 0 bridgehead atoms. The first-order chi connectivity index (χ1) is 26.5. The van der Waals surface area contributed by atoms with E-state index in [1.807, 2.05) is 31.3 Å². The van der Waals surface area contributed by atoms with Gasteiger partial charge in [-0.05, 0) is 62.8 Å². The topological polar surface area (TPSA) is 157 Å². The molecule has 2 aromatic heterocycles. The minimum Gasteiger partial charge on any atom is -0.341 e. The Labute approximate surface area is 329 Å². The summed E-state index contributed by atoms with van der Waals surface area (Å²) in [6.45, 7) is 2.72. The van der Waals surface area contributed by atoms with Crippen LogP contribution >= 0.6 is 23.2 Å². The third-order valence-corrected chi connectivity index (χ3v) is 11.7. The number of nitrogens with one attached hydrogen (secondary N) is 2. The van der Waals surface area contributed by atoms with Gasteiger partial charge in [0.2, 0.25) is 20.9 Å². The number of sulfone groups is 1. The number of aromatic nitrogens is 4. The van der Waals surface area contributed by atoms with Crippen LogP contribution in [-0.4, -0.2) is 78.5 Å². The predicted molar refractivity (Wildman–Crippen MR) is 214 cm³/mol. The Balaban J connectivity index is 0.000000169. The molecule has 3 aromatic carbocycles. The van der Waals surface area contributed by atoms with Crippen LogP contribution in [-0.2, 0) is 28.7 Å². The number of urea groups is 2. The maximum absolute atomic E-state index is 12.6. The Hall–Kier alpha value is -5.35. The van der Waals surface area contributed by atoms with Crippen molar-refractivity contribution < 1.29 is 18.0 Å². The average Bonchev–Trinajstić information content (AvgIpc) is 3.18. The molecule has 3 aliphatic heterocycles. The van der Waals surface area contributed by atoms with Crippen LogP contribution in [0.2, 0.25) is 10.0 Å². The quantitative estimate of drug-likeness (QED) is 0.167. The third-order valence-electron chi connectivity index (χ3n) is 9.61. The smallest absolute Gasteiger partial charge is 0.327 e. The molecule has 2 N–H and O–H groups in total.